The zero-order valence-electron chi connectivity index (χ0n) is 13.2. The van der Waals surface area contributed by atoms with Gasteiger partial charge in [-0.2, -0.15) is 13.2 Å². The van der Waals surface area contributed by atoms with Crippen molar-refractivity contribution in [2.24, 2.45) is 4.99 Å². The Hall–Kier alpha value is -2.50. The predicted octanol–water partition coefficient (Wildman–Crippen LogP) is 4.97. The Bertz CT molecular complexity index is 786. The maximum atomic E-state index is 13.1. The molecule has 0 aromatic heterocycles. The Morgan fingerprint density at radius 2 is 1.88 bits per heavy atom. The molecule has 0 radical (unpaired) electrons. The first-order chi connectivity index (χ1) is 11.3. The Morgan fingerprint density at radius 3 is 2.58 bits per heavy atom. The van der Waals surface area contributed by atoms with Crippen LogP contribution in [0.4, 0.5) is 18.9 Å². The van der Waals surface area contributed by atoms with E-state index in [1.807, 2.05) is 0 Å². The van der Waals surface area contributed by atoms with Gasteiger partial charge in [-0.05, 0) is 31.2 Å². The van der Waals surface area contributed by atoms with Crippen LogP contribution in [0, 0.1) is 0 Å². The molecule has 1 unspecified atom stereocenters. The van der Waals surface area contributed by atoms with Crippen molar-refractivity contribution in [2.45, 2.75) is 25.1 Å². The van der Waals surface area contributed by atoms with Crippen molar-refractivity contribution < 1.29 is 22.6 Å². The van der Waals surface area contributed by atoms with Crippen molar-refractivity contribution in [3.63, 3.8) is 0 Å². The lowest BCUT2D eigenvalue weighted by Gasteiger charge is -2.36. The van der Waals surface area contributed by atoms with E-state index in [0.717, 1.165) is 0 Å². The topological polar surface area (TPSA) is 30.8 Å². The lowest BCUT2D eigenvalue weighted by atomic mass is 9.89. The summed E-state index contributed by atoms with van der Waals surface area (Å²) in [5, 5.41) is 0. The number of benzene rings is 2. The number of methoxy groups -OCH3 is 1. The van der Waals surface area contributed by atoms with Crippen LogP contribution in [0.25, 0.3) is 0 Å². The molecule has 3 nitrogen and oxygen atoms in total. The SMILES string of the molecule is COc1cccc(C2=Nc3ccccc3C(C)(CC(F)(F)F)O2)c1. The number of ether oxygens (including phenoxy) is 2. The molecule has 126 valence electrons. The Kier molecular flexibility index (Phi) is 3.99. The van der Waals surface area contributed by atoms with Crippen molar-refractivity contribution >= 4 is 11.6 Å². The number of para-hydroxylation sites is 1. The van der Waals surface area contributed by atoms with Crippen LogP contribution < -0.4 is 4.74 Å². The van der Waals surface area contributed by atoms with Gasteiger partial charge in [0.25, 0.3) is 0 Å². The Balaban J connectivity index is 2.08. The largest absolute Gasteiger partial charge is 0.497 e. The smallest absolute Gasteiger partial charge is 0.393 e. The highest BCUT2D eigenvalue weighted by Crippen LogP contribution is 2.44. The van der Waals surface area contributed by atoms with Crippen molar-refractivity contribution in [3.8, 4) is 5.75 Å². The summed E-state index contributed by atoms with van der Waals surface area (Å²) in [4.78, 5) is 4.39. The van der Waals surface area contributed by atoms with Gasteiger partial charge in [0.05, 0.1) is 19.2 Å². The summed E-state index contributed by atoms with van der Waals surface area (Å²) >= 11 is 0. The fraction of sp³-hybridized carbons (Fsp3) is 0.278. The van der Waals surface area contributed by atoms with Crippen LogP contribution in [0.1, 0.15) is 24.5 Å². The van der Waals surface area contributed by atoms with Gasteiger partial charge in [0.2, 0.25) is 5.90 Å². The maximum absolute atomic E-state index is 13.1. The van der Waals surface area contributed by atoms with E-state index in [1.165, 1.54) is 14.0 Å². The first-order valence-electron chi connectivity index (χ1n) is 7.39. The van der Waals surface area contributed by atoms with E-state index >= 15 is 0 Å². The van der Waals surface area contributed by atoms with Crippen LogP contribution in [-0.4, -0.2) is 19.2 Å². The summed E-state index contributed by atoms with van der Waals surface area (Å²) in [6.45, 7) is 1.44. The zero-order valence-corrected chi connectivity index (χ0v) is 13.2. The second-order valence-electron chi connectivity index (χ2n) is 5.79. The Morgan fingerprint density at radius 1 is 1.12 bits per heavy atom. The molecule has 24 heavy (non-hydrogen) atoms. The summed E-state index contributed by atoms with van der Waals surface area (Å²) in [7, 11) is 1.52. The third kappa shape index (κ3) is 3.22. The van der Waals surface area contributed by atoms with Crippen molar-refractivity contribution in [1.82, 2.24) is 0 Å². The van der Waals surface area contributed by atoms with Gasteiger partial charge in [0.1, 0.15) is 11.4 Å². The fourth-order valence-electron chi connectivity index (χ4n) is 2.81. The Labute approximate surface area is 137 Å². The van der Waals surface area contributed by atoms with Gasteiger partial charge in [0, 0.05) is 11.1 Å². The quantitative estimate of drug-likeness (QED) is 0.793. The standard InChI is InChI=1S/C18H16F3NO2/c1-17(11-18(19,20)21)14-8-3-4-9-15(14)22-16(24-17)12-6-5-7-13(10-12)23-2/h3-10H,11H2,1-2H3. The summed E-state index contributed by atoms with van der Waals surface area (Å²) in [5.74, 6) is 0.731. The molecule has 0 aliphatic carbocycles. The van der Waals surface area contributed by atoms with Crippen LogP contribution in [0.15, 0.2) is 53.5 Å². The molecule has 0 spiro atoms. The highest BCUT2D eigenvalue weighted by Gasteiger charge is 2.45. The summed E-state index contributed by atoms with van der Waals surface area (Å²) in [6, 6.07) is 13.6. The van der Waals surface area contributed by atoms with Gasteiger partial charge < -0.3 is 9.47 Å². The molecular weight excluding hydrogens is 319 g/mol. The molecule has 3 rings (SSSR count). The van der Waals surface area contributed by atoms with E-state index in [-0.39, 0.29) is 5.90 Å². The normalized spacial score (nSPS) is 20.0. The molecular formula is C18H16F3NO2. The van der Waals surface area contributed by atoms with Crippen LogP contribution in [0.3, 0.4) is 0 Å². The third-order valence-corrected chi connectivity index (χ3v) is 3.87. The molecule has 2 aromatic carbocycles. The number of hydrogen-bond acceptors (Lipinski definition) is 3. The predicted molar refractivity (Wildman–Crippen MR) is 84.7 cm³/mol. The third-order valence-electron chi connectivity index (χ3n) is 3.87. The fourth-order valence-corrected chi connectivity index (χ4v) is 2.81. The first kappa shape index (κ1) is 16.4. The average molecular weight is 335 g/mol. The summed E-state index contributed by atoms with van der Waals surface area (Å²) in [6.07, 6.45) is -5.46. The van der Waals surface area contributed by atoms with Gasteiger partial charge >= 0.3 is 6.18 Å². The van der Waals surface area contributed by atoms with Crippen LogP contribution in [-0.2, 0) is 10.3 Å². The minimum atomic E-state index is -4.36. The number of halogens is 3. The molecule has 0 saturated carbocycles. The number of hydrogen-bond donors (Lipinski definition) is 0. The molecule has 1 aliphatic heterocycles. The number of fused-ring (bicyclic) bond motifs is 1. The van der Waals surface area contributed by atoms with E-state index < -0.39 is 18.2 Å². The second kappa shape index (κ2) is 5.85. The molecule has 1 aliphatic rings. The van der Waals surface area contributed by atoms with Gasteiger partial charge in [-0.1, -0.05) is 24.3 Å². The van der Waals surface area contributed by atoms with E-state index in [2.05, 4.69) is 4.99 Å². The first-order valence-corrected chi connectivity index (χ1v) is 7.39. The van der Waals surface area contributed by atoms with Gasteiger partial charge in [-0.25, -0.2) is 4.99 Å². The molecule has 0 amide bonds. The highest BCUT2D eigenvalue weighted by atomic mass is 19.4. The van der Waals surface area contributed by atoms with Crippen molar-refractivity contribution in [1.29, 1.82) is 0 Å². The number of nitrogens with zero attached hydrogens (tertiary/aromatic N) is 1. The molecule has 0 saturated heterocycles. The molecule has 2 aromatic rings. The lowest BCUT2D eigenvalue weighted by molar-refractivity contribution is -0.171. The van der Waals surface area contributed by atoms with E-state index in [1.54, 1.807) is 48.5 Å². The number of aliphatic imine (C=N–C) groups is 1. The summed E-state index contributed by atoms with van der Waals surface area (Å²) in [5.41, 5.74) is -0.0609. The molecule has 1 atom stereocenters. The van der Waals surface area contributed by atoms with Crippen LogP contribution in [0.2, 0.25) is 0 Å². The van der Waals surface area contributed by atoms with Crippen LogP contribution >= 0.6 is 0 Å². The lowest BCUT2D eigenvalue weighted by Crippen LogP contribution is -2.36. The van der Waals surface area contributed by atoms with Crippen molar-refractivity contribution in [3.05, 3.63) is 59.7 Å². The summed E-state index contributed by atoms with van der Waals surface area (Å²) < 4.78 is 50.2. The minimum absolute atomic E-state index is 0.152. The van der Waals surface area contributed by atoms with Crippen LogP contribution in [0.5, 0.6) is 5.75 Å². The second-order valence-corrected chi connectivity index (χ2v) is 5.79. The molecule has 1 heterocycles. The van der Waals surface area contributed by atoms with E-state index in [0.29, 0.717) is 22.6 Å². The van der Waals surface area contributed by atoms with Gasteiger partial charge in [-0.15, -0.1) is 0 Å². The monoisotopic (exact) mass is 335 g/mol. The number of alkyl halides is 3. The van der Waals surface area contributed by atoms with Gasteiger partial charge in [0.15, 0.2) is 0 Å². The average Bonchev–Trinajstić information content (AvgIpc) is 2.53. The molecule has 0 bridgehead atoms. The van der Waals surface area contributed by atoms with E-state index in [9.17, 15) is 13.2 Å². The molecule has 0 N–H and O–H groups in total. The molecule has 0 fully saturated rings. The van der Waals surface area contributed by atoms with E-state index in [4.69, 9.17) is 9.47 Å². The maximum Gasteiger partial charge on any atom is 0.393 e. The van der Waals surface area contributed by atoms with Crippen molar-refractivity contribution in [2.75, 3.05) is 7.11 Å². The minimum Gasteiger partial charge on any atom is -0.497 e. The van der Waals surface area contributed by atoms with Gasteiger partial charge in [-0.3, -0.25) is 0 Å². The zero-order chi connectivity index (χ0) is 17.4. The number of rotatable bonds is 3. The highest BCUT2D eigenvalue weighted by molar-refractivity contribution is 5.97. The molecule has 6 heteroatoms.